The molecule has 1 aromatic rings. The lowest BCUT2D eigenvalue weighted by Crippen LogP contribution is -2.43. The number of unbranched alkanes of at least 4 members (excludes halogenated alkanes) is 3. The molecular weight excluding hydrogens is 670 g/mol. The first-order valence-corrected chi connectivity index (χ1v) is 19.5. The van der Waals surface area contributed by atoms with Gasteiger partial charge in [-0.1, -0.05) is 25.8 Å². The number of hydrogen-bond donors (Lipinski definition) is 4. The maximum atomic E-state index is 12.3. The van der Waals surface area contributed by atoms with Gasteiger partial charge in [-0.2, -0.15) is 0 Å². The topological polar surface area (TPSA) is 173 Å². The number of nitrogens with one attached hydrogen (secondary N) is 2. The Balaban J connectivity index is 0.803. The maximum Gasteiger partial charge on any atom is 0.332 e. The average Bonchev–Trinajstić information content (AvgIpc) is 3.62. The Hall–Kier alpha value is -3.26. The van der Waals surface area contributed by atoms with Crippen LogP contribution in [0.4, 0.5) is 0 Å². The lowest BCUT2D eigenvalue weighted by molar-refractivity contribution is -0.220. The van der Waals surface area contributed by atoms with Gasteiger partial charge < -0.3 is 39.9 Å². The molecule has 13 nitrogen and oxygen atoms in total. The number of carbonyl (C=O) groups is 4. The fourth-order valence-corrected chi connectivity index (χ4v) is 8.73. The van der Waals surface area contributed by atoms with Crippen molar-refractivity contribution in [2.75, 3.05) is 46.1 Å². The Morgan fingerprint density at radius 3 is 2.25 bits per heavy atom. The van der Waals surface area contributed by atoms with Crippen LogP contribution in [0.3, 0.4) is 0 Å². The van der Waals surface area contributed by atoms with E-state index in [1.165, 1.54) is 17.5 Å². The van der Waals surface area contributed by atoms with Gasteiger partial charge in [0.05, 0.1) is 45.6 Å². The highest BCUT2D eigenvalue weighted by molar-refractivity contribution is 5.80. The Bertz CT molecular complexity index is 1360. The highest BCUT2D eigenvalue weighted by Gasteiger charge is 2.54. The van der Waals surface area contributed by atoms with E-state index in [0.717, 1.165) is 55.8 Å². The first-order chi connectivity index (χ1) is 25.2. The van der Waals surface area contributed by atoms with Gasteiger partial charge in [0, 0.05) is 38.8 Å². The van der Waals surface area contributed by atoms with E-state index in [9.17, 15) is 29.4 Å². The van der Waals surface area contributed by atoms with Crippen LogP contribution in [0.1, 0.15) is 114 Å². The van der Waals surface area contributed by atoms with Crippen LogP contribution in [-0.4, -0.2) is 97.4 Å². The highest BCUT2D eigenvalue weighted by Crippen LogP contribution is 2.60. The van der Waals surface area contributed by atoms with E-state index in [-0.39, 0.29) is 54.9 Å². The molecule has 0 radical (unpaired) electrons. The third kappa shape index (κ3) is 10.9. The van der Waals surface area contributed by atoms with E-state index in [2.05, 4.69) is 29.7 Å². The summed E-state index contributed by atoms with van der Waals surface area (Å²) in [6, 6.07) is 6.44. The van der Waals surface area contributed by atoms with Gasteiger partial charge in [-0.3, -0.25) is 14.4 Å². The second-order valence-corrected chi connectivity index (χ2v) is 15.1. The molecular formula is C39H59N3O10. The Morgan fingerprint density at radius 2 is 1.54 bits per heavy atom. The number of amides is 3. The van der Waals surface area contributed by atoms with Crippen molar-refractivity contribution in [3.8, 4) is 5.75 Å². The molecule has 0 spiro atoms. The number of benzene rings is 1. The molecule has 6 unspecified atom stereocenters. The van der Waals surface area contributed by atoms with Gasteiger partial charge in [0.1, 0.15) is 5.75 Å². The number of aryl methyl sites for hydroxylation is 1. The molecule has 3 amide bonds. The van der Waals surface area contributed by atoms with Crippen molar-refractivity contribution in [3.05, 3.63) is 29.3 Å². The second-order valence-electron chi connectivity index (χ2n) is 15.1. The summed E-state index contributed by atoms with van der Waals surface area (Å²) in [5.74, 6) is 1.61. The van der Waals surface area contributed by atoms with E-state index in [0.29, 0.717) is 83.1 Å². The van der Waals surface area contributed by atoms with Crippen LogP contribution in [0.15, 0.2) is 18.2 Å². The van der Waals surface area contributed by atoms with Gasteiger partial charge in [-0.25, -0.2) is 4.79 Å². The molecule has 1 aliphatic heterocycles. The van der Waals surface area contributed by atoms with Crippen molar-refractivity contribution in [1.29, 1.82) is 0 Å². The minimum Gasteiger partial charge on any atom is -0.493 e. The summed E-state index contributed by atoms with van der Waals surface area (Å²) < 4.78 is 17.0. The minimum absolute atomic E-state index is 0.0546. The molecule has 13 heteroatoms. The Morgan fingerprint density at radius 1 is 0.827 bits per heavy atom. The van der Waals surface area contributed by atoms with Gasteiger partial charge in [0.2, 0.25) is 11.8 Å². The number of hydrogen-bond acceptors (Lipinski definition) is 10. The van der Waals surface area contributed by atoms with Crippen LogP contribution in [0, 0.1) is 17.3 Å². The molecule has 2 saturated carbocycles. The fraction of sp³-hybridized carbons (Fsp3) is 0.744. The smallest absolute Gasteiger partial charge is 0.332 e. The molecule has 6 atom stereocenters. The van der Waals surface area contributed by atoms with Crippen molar-refractivity contribution in [1.82, 2.24) is 15.7 Å². The number of aliphatic hydroxyl groups excluding tert-OH is 2. The van der Waals surface area contributed by atoms with Crippen molar-refractivity contribution >= 4 is 23.7 Å². The number of rotatable bonds is 21. The first kappa shape index (κ1) is 39.9. The molecule has 1 saturated heterocycles. The minimum atomic E-state index is -1.06. The number of fused-ring (bicyclic) bond motifs is 5. The summed E-state index contributed by atoms with van der Waals surface area (Å²) in [5, 5.41) is 26.7. The fourth-order valence-electron chi connectivity index (χ4n) is 8.73. The average molecular weight is 730 g/mol. The van der Waals surface area contributed by atoms with Gasteiger partial charge in [0.25, 0.3) is 5.91 Å². The van der Waals surface area contributed by atoms with Crippen molar-refractivity contribution in [2.45, 2.75) is 121 Å². The molecule has 5 rings (SSSR count). The molecule has 3 aliphatic carbocycles. The van der Waals surface area contributed by atoms with Gasteiger partial charge >= 0.3 is 5.97 Å². The SMILES string of the molecule is CC12CCC3c4ccc(OCCC(=O)NCCOCCOCCNC(=O)CCCCCCC(=O)ON5C(=O)CCC5O)cc4CCC3C1CCC2O. The van der Waals surface area contributed by atoms with E-state index >= 15 is 0 Å². The molecule has 4 aliphatic rings. The van der Waals surface area contributed by atoms with Gasteiger partial charge in [0.15, 0.2) is 6.23 Å². The number of carbonyl (C=O) groups excluding carboxylic acids is 4. The van der Waals surface area contributed by atoms with Crippen LogP contribution >= 0.6 is 0 Å². The molecule has 0 bridgehead atoms. The van der Waals surface area contributed by atoms with Crippen molar-refractivity contribution in [3.63, 3.8) is 0 Å². The molecule has 4 N–H and O–H groups in total. The van der Waals surface area contributed by atoms with E-state index in [4.69, 9.17) is 19.0 Å². The van der Waals surface area contributed by atoms with Gasteiger partial charge in [-0.05, 0) is 97.8 Å². The van der Waals surface area contributed by atoms with E-state index in [1.54, 1.807) is 0 Å². The summed E-state index contributed by atoms with van der Waals surface area (Å²) in [5.41, 5.74) is 2.92. The molecule has 0 aromatic heterocycles. The molecule has 1 heterocycles. The zero-order chi connectivity index (χ0) is 36.9. The van der Waals surface area contributed by atoms with Crippen LogP contribution in [-0.2, 0) is 39.9 Å². The number of nitrogens with zero attached hydrogens (tertiary/aromatic N) is 1. The van der Waals surface area contributed by atoms with Crippen LogP contribution in [0.2, 0.25) is 0 Å². The largest absolute Gasteiger partial charge is 0.493 e. The summed E-state index contributed by atoms with van der Waals surface area (Å²) in [7, 11) is 0. The monoisotopic (exact) mass is 729 g/mol. The zero-order valence-electron chi connectivity index (χ0n) is 30.8. The number of ether oxygens (including phenoxy) is 3. The molecule has 1 aromatic carbocycles. The number of hydroxylamine groups is 2. The lowest BCUT2D eigenvalue weighted by Gasteiger charge is -2.50. The zero-order valence-corrected chi connectivity index (χ0v) is 30.8. The normalized spacial score (nSPS) is 26.3. The maximum absolute atomic E-state index is 12.3. The third-order valence-electron chi connectivity index (χ3n) is 11.6. The van der Waals surface area contributed by atoms with Crippen molar-refractivity contribution in [2.24, 2.45) is 17.3 Å². The molecule has 52 heavy (non-hydrogen) atoms. The highest BCUT2D eigenvalue weighted by atomic mass is 16.7. The molecule has 290 valence electrons. The Kier molecular flexibility index (Phi) is 15.1. The predicted molar refractivity (Wildman–Crippen MR) is 191 cm³/mol. The summed E-state index contributed by atoms with van der Waals surface area (Å²) in [6.45, 7) is 4.95. The van der Waals surface area contributed by atoms with Gasteiger partial charge in [-0.15, -0.1) is 5.06 Å². The Labute approximate surface area is 307 Å². The van der Waals surface area contributed by atoms with Crippen LogP contribution in [0.5, 0.6) is 5.75 Å². The quantitative estimate of drug-likeness (QED) is 0.137. The van der Waals surface area contributed by atoms with Crippen LogP contribution in [0.25, 0.3) is 0 Å². The number of aliphatic hydroxyl groups is 2. The second kappa shape index (κ2) is 19.7. The summed E-state index contributed by atoms with van der Waals surface area (Å²) in [4.78, 5) is 52.6. The standard InChI is InChI=1S/C39H59N3O10/c1-39-18-16-30-29-11-9-28(26-27(29)8-10-31(30)32(39)12-13-33(39)43)51-21-17-35(45)41-20-23-50-25-24-49-22-19-40-34(44)6-4-2-3-5-7-38(48)52-42-36(46)14-15-37(42)47/h9,11,26,30-33,36,43,46H,2-8,10,12-25H2,1H3,(H,40,44)(H,41,45). The van der Waals surface area contributed by atoms with Crippen LogP contribution < -0.4 is 15.4 Å². The molecule has 3 fully saturated rings. The summed E-state index contributed by atoms with van der Waals surface area (Å²) >= 11 is 0. The van der Waals surface area contributed by atoms with E-state index in [1.807, 2.05) is 6.07 Å². The third-order valence-corrected chi connectivity index (χ3v) is 11.6. The first-order valence-electron chi connectivity index (χ1n) is 19.5. The van der Waals surface area contributed by atoms with Crippen molar-refractivity contribution < 1.29 is 48.4 Å². The predicted octanol–water partition coefficient (Wildman–Crippen LogP) is 3.68. The lowest BCUT2D eigenvalue weighted by atomic mass is 9.55. The summed E-state index contributed by atoms with van der Waals surface area (Å²) in [6.07, 6.45) is 9.43. The van der Waals surface area contributed by atoms with E-state index < -0.39 is 12.2 Å².